The number of nitrogens with one attached hydrogen (secondary N) is 4. The molecule has 6 saturated heterocycles. The average Bonchev–Trinajstić information content (AvgIpc) is 3.91. The molecule has 6 rings (SSSR count). The van der Waals surface area contributed by atoms with Gasteiger partial charge in [-0.2, -0.15) is 23.5 Å². The van der Waals surface area contributed by atoms with E-state index in [1.807, 2.05) is 11.8 Å². The lowest BCUT2D eigenvalue weighted by atomic mass is 9.55. The minimum atomic E-state index is -1.99. The van der Waals surface area contributed by atoms with Gasteiger partial charge in [-0.05, 0) is 74.1 Å². The van der Waals surface area contributed by atoms with Crippen LogP contribution in [0.15, 0.2) is 0 Å². The molecule has 0 saturated carbocycles. The first kappa shape index (κ1) is 49.5. The predicted octanol–water partition coefficient (Wildman–Crippen LogP) is -0.465. The van der Waals surface area contributed by atoms with E-state index in [4.69, 9.17) is 35.0 Å². The third-order valence-corrected chi connectivity index (χ3v) is 16.5. The molecule has 0 aromatic heterocycles. The molecule has 6 fully saturated rings. The molecule has 6 aliphatic heterocycles. The molecule has 340 valence electrons. The van der Waals surface area contributed by atoms with E-state index in [1.165, 1.54) is 34.8 Å². The van der Waals surface area contributed by atoms with Crippen molar-refractivity contribution in [1.29, 1.82) is 0 Å². The maximum atomic E-state index is 12.9. The zero-order valence-corrected chi connectivity index (χ0v) is 36.7. The summed E-state index contributed by atoms with van der Waals surface area (Å²) in [6.07, 6.45) is -1.37. The van der Waals surface area contributed by atoms with Crippen molar-refractivity contribution < 1.29 is 74.2 Å². The van der Waals surface area contributed by atoms with Crippen molar-refractivity contribution in [3.05, 3.63) is 0 Å². The third-order valence-electron chi connectivity index (χ3n) is 13.5. The van der Waals surface area contributed by atoms with Gasteiger partial charge < -0.3 is 76.3 Å². The molecule has 12 N–H and O–H groups in total. The van der Waals surface area contributed by atoms with Gasteiger partial charge in [0.25, 0.3) is 0 Å². The average molecular weight is 883 g/mol. The molecule has 6 heterocycles. The number of hydrogen-bond acceptors (Lipinski definition) is 16. The van der Waals surface area contributed by atoms with E-state index >= 15 is 0 Å². The van der Waals surface area contributed by atoms with Crippen LogP contribution in [0.4, 0.5) is 9.59 Å². The minimum absolute atomic E-state index is 0.0588. The van der Waals surface area contributed by atoms with Gasteiger partial charge in [0.05, 0.1) is 48.9 Å². The summed E-state index contributed by atoms with van der Waals surface area (Å²) in [5, 5.41) is 90.9. The second-order valence-electron chi connectivity index (χ2n) is 17.5. The number of methoxy groups -OCH3 is 1. The van der Waals surface area contributed by atoms with Crippen LogP contribution in [0.5, 0.6) is 0 Å². The Balaban J connectivity index is 0.000000234. The maximum absolute atomic E-state index is 12.9. The summed E-state index contributed by atoms with van der Waals surface area (Å²) in [4.78, 5) is 46.0. The number of carboxylic acids is 1. The minimum Gasteiger partial charge on any atom is -0.481 e. The van der Waals surface area contributed by atoms with Crippen molar-refractivity contribution in [2.45, 2.75) is 187 Å². The molecule has 0 bridgehead atoms. The lowest BCUT2D eigenvalue weighted by Gasteiger charge is -2.66. The first-order valence-electron chi connectivity index (χ1n) is 20.2. The number of urea groups is 2. The molecule has 0 aromatic rings. The van der Waals surface area contributed by atoms with Gasteiger partial charge in [0.15, 0.2) is 6.29 Å². The number of carboxylic acid groups (broad SMARTS) is 1. The number of aliphatic carboxylic acids is 1. The fourth-order valence-corrected chi connectivity index (χ4v) is 12.0. The SMILES string of the molecule is COC(=O)C(CCCC1SC[C@@H]2NC(=O)N[C@H]12)[C@@]1(C)OC(C)(C)[C@@](C)(O)C(C)(O)C1(C)O.C[C@@H]1O[C@@H](O)[C@@H](O)[C@H](O)[C@@H]1O.O=C(O)CCCC[C@@H]1SC[C@@H]2NC(=O)N[C@@H]21. The summed E-state index contributed by atoms with van der Waals surface area (Å²) in [5.41, 5.74) is -8.57. The highest BCUT2D eigenvalue weighted by Crippen LogP contribution is 2.56. The number of rotatable bonds is 11. The number of carbonyl (C=O) groups is 4. The van der Waals surface area contributed by atoms with Gasteiger partial charge in [-0.1, -0.05) is 12.8 Å². The zero-order valence-electron chi connectivity index (χ0n) is 35.0. The number of aliphatic hydroxyl groups is 7. The summed E-state index contributed by atoms with van der Waals surface area (Å²) >= 11 is 3.66. The van der Waals surface area contributed by atoms with Crippen molar-refractivity contribution >= 4 is 47.5 Å². The Morgan fingerprint density at radius 3 is 1.76 bits per heavy atom. The van der Waals surface area contributed by atoms with E-state index in [-0.39, 0.29) is 47.9 Å². The Morgan fingerprint density at radius 2 is 1.27 bits per heavy atom. The normalized spacial score (nSPS) is 43.5. The van der Waals surface area contributed by atoms with Crippen molar-refractivity contribution in [1.82, 2.24) is 21.3 Å². The standard InChI is InChI=1S/C22H38N2O7S.C10H16N2O3S.C6H12O5/c1-18(2)20(4,27)22(6,29)21(5,28)19(3,31-18)12(16(25)30-7)9-8-10-14-15-13(11-32-14)23-17(26)24-15;13-8(14)4-2-1-3-7-9-6(5-16-7)11-10(15)12-9;1-2-3(7)4(8)5(9)6(10)11-2/h12-15,27-29H,8-11H2,1-7H3,(H2,23,24,26);6-7,9H,1-5H2,(H,13,14)(H2,11,12,15);2-10H,1H3/t12?,13-,14?,15-,19+,20+,21?,22?;6-,7-,9-;2-,3+,4+,5-,6+/m000/s1. The van der Waals surface area contributed by atoms with Crippen LogP contribution in [0.25, 0.3) is 0 Å². The number of esters is 1. The van der Waals surface area contributed by atoms with Crippen LogP contribution < -0.4 is 21.3 Å². The summed E-state index contributed by atoms with van der Waals surface area (Å²) < 4.78 is 16.0. The topological polar surface area (TPSA) is 306 Å². The van der Waals surface area contributed by atoms with E-state index in [0.717, 1.165) is 37.2 Å². The molecule has 16 atom stereocenters. The van der Waals surface area contributed by atoms with Gasteiger partial charge in [-0.15, -0.1) is 0 Å². The van der Waals surface area contributed by atoms with Gasteiger partial charge in [0.1, 0.15) is 40.7 Å². The maximum Gasteiger partial charge on any atom is 0.315 e. The lowest BCUT2D eigenvalue weighted by Crippen LogP contribution is -2.84. The Labute approximate surface area is 353 Å². The van der Waals surface area contributed by atoms with Crippen molar-refractivity contribution in [3.63, 3.8) is 0 Å². The summed E-state index contributed by atoms with van der Waals surface area (Å²) in [7, 11) is 1.28. The summed E-state index contributed by atoms with van der Waals surface area (Å²) in [6.45, 7) is 10.6. The smallest absolute Gasteiger partial charge is 0.315 e. The fourth-order valence-electron chi connectivity index (χ4n) is 8.90. The van der Waals surface area contributed by atoms with Crippen LogP contribution in [0.3, 0.4) is 0 Å². The molecule has 21 heteroatoms. The summed E-state index contributed by atoms with van der Waals surface area (Å²) in [6, 6.07) is 0.471. The number of fused-ring (bicyclic) bond motifs is 2. The highest BCUT2D eigenvalue weighted by molar-refractivity contribution is 8.00. The molecule has 0 spiro atoms. The van der Waals surface area contributed by atoms with Crippen molar-refractivity contribution in [2.75, 3.05) is 18.6 Å². The van der Waals surface area contributed by atoms with Gasteiger partial charge in [0.2, 0.25) is 0 Å². The van der Waals surface area contributed by atoms with Crippen LogP contribution >= 0.6 is 23.5 Å². The van der Waals surface area contributed by atoms with Crippen molar-refractivity contribution in [2.24, 2.45) is 5.92 Å². The molecule has 0 radical (unpaired) electrons. The Bertz CT molecular complexity index is 1490. The Hall–Kier alpha value is -2.18. The van der Waals surface area contributed by atoms with Gasteiger partial charge in [-0.3, -0.25) is 9.59 Å². The molecular formula is C38H66N4O15S2. The number of amides is 4. The third kappa shape index (κ3) is 10.1. The van der Waals surface area contributed by atoms with Crippen LogP contribution in [0.1, 0.15) is 93.4 Å². The zero-order chi connectivity index (χ0) is 44.5. The predicted molar refractivity (Wildman–Crippen MR) is 216 cm³/mol. The van der Waals surface area contributed by atoms with Crippen LogP contribution in [0.2, 0.25) is 0 Å². The van der Waals surface area contributed by atoms with Gasteiger partial charge in [-0.25, -0.2) is 9.59 Å². The number of unbranched alkanes of at least 4 members (excludes halogenated alkanes) is 1. The van der Waals surface area contributed by atoms with Crippen molar-refractivity contribution in [3.8, 4) is 0 Å². The van der Waals surface area contributed by atoms with E-state index in [2.05, 4.69) is 26.0 Å². The Kier molecular flexibility index (Phi) is 16.0. The van der Waals surface area contributed by atoms with E-state index in [9.17, 15) is 34.5 Å². The summed E-state index contributed by atoms with van der Waals surface area (Å²) in [5.74, 6) is -0.354. The highest BCUT2D eigenvalue weighted by Gasteiger charge is 2.74. The quantitative estimate of drug-likeness (QED) is 0.0710. The second kappa shape index (κ2) is 19.1. The molecule has 0 aliphatic carbocycles. The van der Waals surface area contributed by atoms with Crippen LogP contribution in [-0.2, 0) is 23.8 Å². The number of thioether (sulfide) groups is 2. The first-order valence-corrected chi connectivity index (χ1v) is 22.3. The number of hydrogen-bond donors (Lipinski definition) is 12. The largest absolute Gasteiger partial charge is 0.481 e. The fraction of sp³-hybridized carbons (Fsp3) is 0.895. The molecule has 4 unspecified atom stereocenters. The van der Waals surface area contributed by atoms with Crippen LogP contribution in [-0.4, -0.2) is 177 Å². The monoisotopic (exact) mass is 882 g/mol. The first-order chi connectivity index (χ1) is 27.2. The molecule has 19 nitrogen and oxygen atoms in total. The van der Waals surface area contributed by atoms with E-state index < -0.39 is 76.6 Å². The molecule has 0 aromatic carbocycles. The molecule has 59 heavy (non-hydrogen) atoms. The number of carbonyl (C=O) groups excluding carboxylic acids is 3. The highest BCUT2D eigenvalue weighted by atomic mass is 32.2. The van der Waals surface area contributed by atoms with E-state index in [0.29, 0.717) is 18.1 Å². The van der Waals surface area contributed by atoms with Crippen LogP contribution in [0, 0.1) is 5.92 Å². The van der Waals surface area contributed by atoms with Gasteiger partial charge >= 0.3 is 24.0 Å². The van der Waals surface area contributed by atoms with E-state index in [1.54, 1.807) is 32.5 Å². The molecular weight excluding hydrogens is 817 g/mol. The molecule has 4 amide bonds. The lowest BCUT2D eigenvalue weighted by molar-refractivity contribution is -0.402. The molecule has 6 aliphatic rings. The number of ether oxygens (including phenoxy) is 3. The van der Waals surface area contributed by atoms with Gasteiger partial charge in [0, 0.05) is 28.4 Å². The Morgan fingerprint density at radius 1 is 0.763 bits per heavy atom. The number of aliphatic hydroxyl groups excluding tert-OH is 4. The second-order valence-corrected chi connectivity index (χ2v) is 20.1.